The Morgan fingerprint density at radius 1 is 1.64 bits per heavy atom. The van der Waals surface area contributed by atoms with Crippen LogP contribution in [-0.2, 0) is 19.1 Å². The number of carboxylic acids is 1. The van der Waals surface area contributed by atoms with E-state index in [2.05, 4.69) is 4.74 Å². The minimum absolute atomic E-state index is 0.133. The molecule has 60 valence electrons. The summed E-state index contributed by atoms with van der Waals surface area (Å²) < 4.78 is 9.06. The van der Waals surface area contributed by atoms with Crippen molar-refractivity contribution in [1.82, 2.24) is 0 Å². The Labute approximate surface area is 62.2 Å². The highest BCUT2D eigenvalue weighted by atomic mass is 16.7. The molecule has 5 nitrogen and oxygen atoms in total. The maximum Gasteiger partial charge on any atom is 0.337 e. The van der Waals surface area contributed by atoms with Gasteiger partial charge in [0.15, 0.2) is 0 Å². The zero-order valence-electron chi connectivity index (χ0n) is 5.57. The van der Waals surface area contributed by atoms with E-state index < -0.39 is 11.9 Å². The average Bonchev–Trinajstić information content (AvgIpc) is 1.85. The fourth-order valence-electron chi connectivity index (χ4n) is 0.629. The lowest BCUT2D eigenvalue weighted by atomic mass is 10.3. The molecule has 0 radical (unpaired) electrons. The van der Waals surface area contributed by atoms with Gasteiger partial charge >= 0.3 is 11.9 Å². The molecule has 1 aliphatic heterocycles. The summed E-state index contributed by atoms with van der Waals surface area (Å²) >= 11 is 0. The van der Waals surface area contributed by atoms with E-state index in [0.717, 1.165) is 6.08 Å². The summed E-state index contributed by atoms with van der Waals surface area (Å²) in [6.07, 6.45) is 0.743. The van der Waals surface area contributed by atoms with E-state index in [1.165, 1.54) is 0 Å². The van der Waals surface area contributed by atoms with Crippen molar-refractivity contribution in [3.05, 3.63) is 11.8 Å². The van der Waals surface area contributed by atoms with E-state index in [4.69, 9.17) is 9.84 Å². The Hall–Kier alpha value is -1.52. The molecule has 0 atom stereocenters. The monoisotopic (exact) mass is 158 g/mol. The van der Waals surface area contributed by atoms with Crippen molar-refractivity contribution in [3.8, 4) is 0 Å². The molecule has 0 aromatic heterocycles. The smallest absolute Gasteiger partial charge is 0.337 e. The topological polar surface area (TPSA) is 72.8 Å². The summed E-state index contributed by atoms with van der Waals surface area (Å²) in [4.78, 5) is 20.6. The van der Waals surface area contributed by atoms with Crippen molar-refractivity contribution >= 4 is 11.9 Å². The maximum atomic E-state index is 10.5. The van der Waals surface area contributed by atoms with Crippen LogP contribution >= 0.6 is 0 Å². The molecule has 0 aromatic rings. The number of rotatable bonds is 2. The van der Waals surface area contributed by atoms with Gasteiger partial charge in [-0.3, -0.25) is 4.79 Å². The highest BCUT2D eigenvalue weighted by molar-refractivity contribution is 5.84. The SMILES string of the molecule is O=C(O)CC1=CC(=O)OCO1. The molecule has 1 aliphatic rings. The summed E-state index contributed by atoms with van der Waals surface area (Å²) in [6, 6.07) is 0. The molecule has 1 N–H and O–H groups in total. The van der Waals surface area contributed by atoms with Gasteiger partial charge in [-0.25, -0.2) is 4.79 Å². The van der Waals surface area contributed by atoms with Crippen molar-refractivity contribution in [2.24, 2.45) is 0 Å². The van der Waals surface area contributed by atoms with Crippen LogP contribution in [0.3, 0.4) is 0 Å². The van der Waals surface area contributed by atoms with Crippen LogP contribution in [0.4, 0.5) is 0 Å². The molecule has 0 aromatic carbocycles. The van der Waals surface area contributed by atoms with E-state index in [9.17, 15) is 9.59 Å². The number of aliphatic carboxylic acids is 1. The summed E-state index contributed by atoms with van der Waals surface area (Å²) in [6.45, 7) is -0.196. The molecule has 11 heavy (non-hydrogen) atoms. The van der Waals surface area contributed by atoms with Crippen LogP contribution in [0.2, 0.25) is 0 Å². The van der Waals surface area contributed by atoms with Gasteiger partial charge in [-0.15, -0.1) is 0 Å². The van der Waals surface area contributed by atoms with Crippen molar-refractivity contribution in [3.63, 3.8) is 0 Å². The molecular weight excluding hydrogens is 152 g/mol. The first kappa shape index (κ1) is 7.59. The zero-order chi connectivity index (χ0) is 8.27. The third-order valence-electron chi connectivity index (χ3n) is 1.05. The van der Waals surface area contributed by atoms with Crippen LogP contribution in [0, 0.1) is 0 Å². The van der Waals surface area contributed by atoms with Gasteiger partial charge < -0.3 is 14.6 Å². The number of hydrogen-bond acceptors (Lipinski definition) is 4. The quantitative estimate of drug-likeness (QED) is 0.567. The molecule has 0 saturated heterocycles. The molecule has 1 heterocycles. The van der Waals surface area contributed by atoms with Gasteiger partial charge in [-0.2, -0.15) is 0 Å². The second-order valence-corrected chi connectivity index (χ2v) is 1.91. The number of carbonyl (C=O) groups excluding carboxylic acids is 1. The summed E-state index contributed by atoms with van der Waals surface area (Å²) in [7, 11) is 0. The molecule has 0 fully saturated rings. The lowest BCUT2D eigenvalue weighted by Gasteiger charge is -2.12. The van der Waals surface area contributed by atoms with Crippen molar-refractivity contribution in [1.29, 1.82) is 0 Å². The molecule has 0 amide bonds. The zero-order valence-corrected chi connectivity index (χ0v) is 5.57. The molecule has 0 spiro atoms. The number of cyclic esters (lactones) is 1. The first-order valence-corrected chi connectivity index (χ1v) is 2.90. The van der Waals surface area contributed by atoms with Crippen LogP contribution in [-0.4, -0.2) is 23.8 Å². The third kappa shape index (κ3) is 2.29. The number of carbonyl (C=O) groups is 2. The fraction of sp³-hybridized carbons (Fsp3) is 0.333. The molecule has 1 rings (SSSR count). The first-order valence-electron chi connectivity index (χ1n) is 2.90. The first-order chi connectivity index (χ1) is 5.18. The van der Waals surface area contributed by atoms with Gasteiger partial charge in [0.2, 0.25) is 6.79 Å². The van der Waals surface area contributed by atoms with E-state index in [0.29, 0.717) is 0 Å². The summed E-state index contributed by atoms with van der Waals surface area (Å²) in [5.74, 6) is -1.47. The maximum absolute atomic E-state index is 10.5. The Morgan fingerprint density at radius 2 is 2.36 bits per heavy atom. The van der Waals surface area contributed by atoms with E-state index >= 15 is 0 Å². The number of carboxylic acid groups (broad SMARTS) is 1. The number of ether oxygens (including phenoxy) is 2. The number of hydrogen-bond donors (Lipinski definition) is 1. The second kappa shape index (κ2) is 3.05. The molecular formula is C6H6O5. The Bertz CT molecular complexity index is 217. The van der Waals surface area contributed by atoms with Gasteiger partial charge in [0, 0.05) is 0 Å². The van der Waals surface area contributed by atoms with Gasteiger partial charge in [-0.05, 0) is 0 Å². The number of esters is 1. The van der Waals surface area contributed by atoms with E-state index in [1.54, 1.807) is 0 Å². The lowest BCUT2D eigenvalue weighted by molar-refractivity contribution is -0.152. The largest absolute Gasteiger partial charge is 0.481 e. The predicted molar refractivity (Wildman–Crippen MR) is 32.4 cm³/mol. The van der Waals surface area contributed by atoms with Crippen molar-refractivity contribution in [2.45, 2.75) is 6.42 Å². The van der Waals surface area contributed by atoms with Gasteiger partial charge in [0.05, 0.1) is 6.08 Å². The minimum Gasteiger partial charge on any atom is -0.481 e. The van der Waals surface area contributed by atoms with Gasteiger partial charge in [0.1, 0.15) is 12.2 Å². The van der Waals surface area contributed by atoms with Crippen LogP contribution < -0.4 is 0 Å². The summed E-state index contributed by atoms with van der Waals surface area (Å²) in [5.41, 5.74) is 0. The normalized spacial score (nSPS) is 16.4. The molecule has 5 heteroatoms. The Morgan fingerprint density at radius 3 is 2.91 bits per heavy atom. The predicted octanol–water partition coefficient (Wildman–Crippen LogP) is -0.124. The van der Waals surface area contributed by atoms with Gasteiger partial charge in [-0.1, -0.05) is 0 Å². The molecule has 0 saturated carbocycles. The van der Waals surface area contributed by atoms with Crippen molar-refractivity contribution in [2.75, 3.05) is 6.79 Å². The van der Waals surface area contributed by atoms with E-state index in [1.807, 2.05) is 0 Å². The minimum atomic E-state index is -1.04. The second-order valence-electron chi connectivity index (χ2n) is 1.91. The standard InChI is InChI=1S/C6H6O5/c7-5(8)1-4-2-6(9)11-3-10-4/h2H,1,3H2,(H,7,8). The van der Waals surface area contributed by atoms with Gasteiger partial charge in [0.25, 0.3) is 0 Å². The van der Waals surface area contributed by atoms with Crippen LogP contribution in [0.15, 0.2) is 11.8 Å². The molecule has 0 aliphatic carbocycles. The highest BCUT2D eigenvalue weighted by Crippen LogP contribution is 2.08. The molecule has 0 unspecified atom stereocenters. The van der Waals surface area contributed by atoms with Crippen LogP contribution in [0.5, 0.6) is 0 Å². The van der Waals surface area contributed by atoms with Crippen LogP contribution in [0.1, 0.15) is 6.42 Å². The van der Waals surface area contributed by atoms with E-state index in [-0.39, 0.29) is 19.0 Å². The highest BCUT2D eigenvalue weighted by Gasteiger charge is 2.13. The Kier molecular flexibility index (Phi) is 2.10. The molecule has 0 bridgehead atoms. The fourth-order valence-corrected chi connectivity index (χ4v) is 0.629. The Balaban J connectivity index is 2.56. The third-order valence-corrected chi connectivity index (χ3v) is 1.05. The van der Waals surface area contributed by atoms with Crippen molar-refractivity contribution < 1.29 is 24.2 Å². The summed E-state index contributed by atoms with van der Waals surface area (Å²) in [5, 5.41) is 8.28. The lowest BCUT2D eigenvalue weighted by Crippen LogP contribution is -2.15. The average molecular weight is 158 g/mol. The van der Waals surface area contributed by atoms with Crippen LogP contribution in [0.25, 0.3) is 0 Å².